The summed E-state index contributed by atoms with van der Waals surface area (Å²) in [6, 6.07) is 20.4. The normalized spacial score (nSPS) is 14.3. The lowest BCUT2D eigenvalue weighted by Gasteiger charge is -2.30. The summed E-state index contributed by atoms with van der Waals surface area (Å²) < 4.78 is 37.5. The molecule has 1 heterocycles. The SMILES string of the molecule is O=C1OC(c2ccc(O)cc2)(c2ccc(O)cc2)c2ccccc21.O=S(=O)(O)O. The van der Waals surface area contributed by atoms with Crippen LogP contribution in [-0.2, 0) is 20.7 Å². The van der Waals surface area contributed by atoms with Crippen molar-refractivity contribution in [3.8, 4) is 11.5 Å². The fraction of sp³-hybridized carbons (Fsp3) is 0.0500. The Balaban J connectivity index is 0.000000431. The molecule has 0 bridgehead atoms. The average molecular weight is 416 g/mol. The molecule has 4 N–H and O–H groups in total. The Hall–Kier alpha value is -3.40. The molecule has 1 aliphatic heterocycles. The second kappa shape index (κ2) is 7.55. The Bertz CT molecular complexity index is 1080. The molecule has 0 atom stereocenters. The Morgan fingerprint density at radius 1 is 0.724 bits per heavy atom. The van der Waals surface area contributed by atoms with Crippen molar-refractivity contribution in [1.29, 1.82) is 0 Å². The molecule has 3 aromatic carbocycles. The van der Waals surface area contributed by atoms with Gasteiger partial charge >= 0.3 is 16.4 Å². The quantitative estimate of drug-likeness (QED) is 0.369. The molecule has 8 nitrogen and oxygen atoms in total. The molecule has 0 aromatic heterocycles. The molecule has 0 saturated carbocycles. The van der Waals surface area contributed by atoms with Crippen LogP contribution in [0.5, 0.6) is 11.5 Å². The van der Waals surface area contributed by atoms with Gasteiger partial charge in [-0.05, 0) is 30.3 Å². The van der Waals surface area contributed by atoms with Crippen LogP contribution in [-0.4, -0.2) is 33.7 Å². The molecule has 9 heteroatoms. The highest BCUT2D eigenvalue weighted by atomic mass is 32.3. The first-order valence-electron chi connectivity index (χ1n) is 8.23. The smallest absolute Gasteiger partial charge is 0.394 e. The second-order valence-corrected chi connectivity index (χ2v) is 7.05. The van der Waals surface area contributed by atoms with Crippen LogP contribution in [0.4, 0.5) is 0 Å². The monoisotopic (exact) mass is 416 g/mol. The number of phenolic OH excluding ortho intramolecular Hbond substituents is 2. The van der Waals surface area contributed by atoms with E-state index >= 15 is 0 Å². The summed E-state index contributed by atoms with van der Waals surface area (Å²) in [4.78, 5) is 12.4. The lowest BCUT2D eigenvalue weighted by Crippen LogP contribution is -2.29. The standard InChI is InChI=1S/C20H14O4.H2O4S/c21-15-9-5-13(6-10-15)20(14-7-11-16(22)12-8-14)18-4-2-1-3-17(18)19(23)24-20;1-5(2,3)4/h1-12,21-22H;(H2,1,2,3,4). The van der Waals surface area contributed by atoms with E-state index in [1.165, 1.54) is 0 Å². The van der Waals surface area contributed by atoms with Gasteiger partial charge in [-0.3, -0.25) is 9.11 Å². The number of phenols is 2. The molecular weight excluding hydrogens is 400 g/mol. The number of ether oxygens (including phenoxy) is 1. The zero-order chi connectivity index (χ0) is 21.2. The highest BCUT2D eigenvalue weighted by Gasteiger charge is 2.48. The number of aromatic hydroxyl groups is 2. The molecule has 1 aliphatic rings. The summed E-state index contributed by atoms with van der Waals surface area (Å²) >= 11 is 0. The van der Waals surface area contributed by atoms with Crippen LogP contribution < -0.4 is 0 Å². The Morgan fingerprint density at radius 3 is 1.59 bits per heavy atom. The second-order valence-electron chi connectivity index (χ2n) is 6.16. The van der Waals surface area contributed by atoms with E-state index in [-0.39, 0.29) is 11.5 Å². The molecule has 0 radical (unpaired) electrons. The van der Waals surface area contributed by atoms with Crippen LogP contribution in [0.25, 0.3) is 0 Å². The van der Waals surface area contributed by atoms with Gasteiger partial charge in [-0.15, -0.1) is 0 Å². The van der Waals surface area contributed by atoms with Gasteiger partial charge in [0.05, 0.1) is 5.56 Å². The highest BCUT2D eigenvalue weighted by Crippen LogP contribution is 2.47. The molecule has 0 saturated heterocycles. The van der Waals surface area contributed by atoms with Crippen molar-refractivity contribution >= 4 is 16.4 Å². The fourth-order valence-corrected chi connectivity index (χ4v) is 3.20. The van der Waals surface area contributed by atoms with Crippen LogP contribution in [0.3, 0.4) is 0 Å². The van der Waals surface area contributed by atoms with Crippen LogP contribution in [0, 0.1) is 0 Å². The van der Waals surface area contributed by atoms with Crippen molar-refractivity contribution in [3.63, 3.8) is 0 Å². The minimum absolute atomic E-state index is 0.136. The molecule has 0 spiro atoms. The first-order chi connectivity index (χ1) is 13.6. The van der Waals surface area contributed by atoms with Crippen LogP contribution in [0.2, 0.25) is 0 Å². The summed E-state index contributed by atoms with van der Waals surface area (Å²) in [5, 5.41) is 19.2. The van der Waals surface area contributed by atoms with Gasteiger partial charge in [0.1, 0.15) is 11.5 Å². The van der Waals surface area contributed by atoms with Gasteiger partial charge in [0.15, 0.2) is 5.60 Å². The molecule has 29 heavy (non-hydrogen) atoms. The van der Waals surface area contributed by atoms with Crippen molar-refractivity contribution in [3.05, 3.63) is 95.1 Å². The molecule has 0 aliphatic carbocycles. The number of carbonyl (C=O) groups is 1. The van der Waals surface area contributed by atoms with Gasteiger partial charge in [-0.2, -0.15) is 8.42 Å². The van der Waals surface area contributed by atoms with Crippen molar-refractivity contribution < 1.29 is 37.3 Å². The lowest BCUT2D eigenvalue weighted by atomic mass is 9.80. The van der Waals surface area contributed by atoms with E-state index in [0.717, 1.165) is 16.7 Å². The number of hydrogen-bond donors (Lipinski definition) is 4. The summed E-state index contributed by atoms with van der Waals surface area (Å²) in [5.74, 6) is -0.124. The first kappa shape index (κ1) is 20.3. The maximum atomic E-state index is 12.4. The van der Waals surface area contributed by atoms with Crippen molar-refractivity contribution in [2.75, 3.05) is 0 Å². The zero-order valence-electron chi connectivity index (χ0n) is 14.8. The minimum atomic E-state index is -4.67. The molecule has 3 aromatic rings. The van der Waals surface area contributed by atoms with Crippen LogP contribution in [0.1, 0.15) is 27.0 Å². The van der Waals surface area contributed by atoms with Gasteiger partial charge in [-0.25, -0.2) is 4.79 Å². The van der Waals surface area contributed by atoms with E-state index in [1.807, 2.05) is 12.1 Å². The molecule has 0 unspecified atom stereocenters. The topological polar surface area (TPSA) is 141 Å². The molecule has 4 rings (SSSR count). The van der Waals surface area contributed by atoms with E-state index < -0.39 is 22.0 Å². The largest absolute Gasteiger partial charge is 0.508 e. The molecular formula is C20H16O8S. The van der Waals surface area contributed by atoms with Crippen LogP contribution >= 0.6 is 0 Å². The molecule has 0 fully saturated rings. The first-order valence-corrected chi connectivity index (χ1v) is 9.63. The van der Waals surface area contributed by atoms with Crippen molar-refractivity contribution in [2.45, 2.75) is 5.60 Å². The number of fused-ring (bicyclic) bond motifs is 1. The zero-order valence-corrected chi connectivity index (χ0v) is 15.6. The lowest BCUT2D eigenvalue weighted by molar-refractivity contribution is 0.0251. The van der Waals surface area contributed by atoms with Gasteiger partial charge in [0, 0.05) is 16.7 Å². The summed E-state index contributed by atoms with van der Waals surface area (Å²) in [6.07, 6.45) is 0. The molecule has 0 amide bonds. The number of hydrogen-bond acceptors (Lipinski definition) is 6. The van der Waals surface area contributed by atoms with Crippen molar-refractivity contribution in [2.24, 2.45) is 0 Å². The van der Waals surface area contributed by atoms with E-state index in [1.54, 1.807) is 60.7 Å². The third kappa shape index (κ3) is 4.21. The van der Waals surface area contributed by atoms with E-state index in [9.17, 15) is 15.0 Å². The molecule has 150 valence electrons. The van der Waals surface area contributed by atoms with E-state index in [2.05, 4.69) is 0 Å². The Labute approximate surface area is 166 Å². The number of esters is 1. The maximum Gasteiger partial charge on any atom is 0.394 e. The number of benzene rings is 3. The van der Waals surface area contributed by atoms with Crippen molar-refractivity contribution in [1.82, 2.24) is 0 Å². The van der Waals surface area contributed by atoms with Crippen LogP contribution in [0.15, 0.2) is 72.8 Å². The number of carbonyl (C=O) groups excluding carboxylic acids is 1. The summed E-state index contributed by atoms with van der Waals surface area (Å²) in [6.45, 7) is 0. The Morgan fingerprint density at radius 2 is 1.14 bits per heavy atom. The van der Waals surface area contributed by atoms with Gasteiger partial charge in [-0.1, -0.05) is 42.5 Å². The average Bonchev–Trinajstić information content (AvgIpc) is 2.96. The predicted molar refractivity (Wildman–Crippen MR) is 102 cm³/mol. The minimum Gasteiger partial charge on any atom is -0.508 e. The summed E-state index contributed by atoms with van der Waals surface area (Å²) in [5.41, 5.74) is 1.60. The van der Waals surface area contributed by atoms with Gasteiger partial charge in [0.25, 0.3) is 0 Å². The van der Waals surface area contributed by atoms with Gasteiger partial charge in [0.2, 0.25) is 0 Å². The fourth-order valence-electron chi connectivity index (χ4n) is 3.20. The Kier molecular flexibility index (Phi) is 5.29. The summed E-state index contributed by atoms with van der Waals surface area (Å²) in [7, 11) is -4.67. The van der Waals surface area contributed by atoms with E-state index in [4.69, 9.17) is 22.3 Å². The highest BCUT2D eigenvalue weighted by molar-refractivity contribution is 7.79. The maximum absolute atomic E-state index is 12.4. The predicted octanol–water partition coefficient (Wildman–Crippen LogP) is 2.91. The third-order valence-electron chi connectivity index (χ3n) is 4.32. The number of rotatable bonds is 2. The third-order valence-corrected chi connectivity index (χ3v) is 4.32. The van der Waals surface area contributed by atoms with E-state index in [0.29, 0.717) is 5.56 Å². The van der Waals surface area contributed by atoms with Gasteiger partial charge < -0.3 is 14.9 Å². The number of cyclic esters (lactones) is 1.